The van der Waals surface area contributed by atoms with Crippen LogP contribution in [0, 0.1) is 0 Å². The van der Waals surface area contributed by atoms with Crippen molar-refractivity contribution in [3.05, 3.63) is 71.2 Å². The number of anilines is 1. The van der Waals surface area contributed by atoms with Crippen LogP contribution >= 0.6 is 11.6 Å². The summed E-state index contributed by atoms with van der Waals surface area (Å²) in [7, 11) is 1.57. The van der Waals surface area contributed by atoms with Crippen molar-refractivity contribution in [3.8, 4) is 5.75 Å². The number of fused-ring (bicyclic) bond motifs is 1. The van der Waals surface area contributed by atoms with Gasteiger partial charge < -0.3 is 15.4 Å². The number of carbonyl (C=O) groups is 2. The van der Waals surface area contributed by atoms with Crippen LogP contribution in [0.1, 0.15) is 10.4 Å². The fourth-order valence-corrected chi connectivity index (χ4v) is 2.78. The van der Waals surface area contributed by atoms with Gasteiger partial charge in [-0.15, -0.1) is 0 Å². The molecule has 2 N–H and O–H groups in total. The highest BCUT2D eigenvalue weighted by Gasteiger charge is 2.09. The van der Waals surface area contributed by atoms with Gasteiger partial charge >= 0.3 is 0 Å². The van der Waals surface area contributed by atoms with Gasteiger partial charge in [0, 0.05) is 34.1 Å². The molecule has 0 bridgehead atoms. The lowest BCUT2D eigenvalue weighted by Crippen LogP contribution is -2.20. The van der Waals surface area contributed by atoms with Gasteiger partial charge in [0.2, 0.25) is 0 Å². The molecule has 0 saturated carbocycles. The van der Waals surface area contributed by atoms with E-state index < -0.39 is 0 Å². The summed E-state index contributed by atoms with van der Waals surface area (Å²) in [6.07, 6.45) is 0. The highest BCUT2D eigenvalue weighted by molar-refractivity contribution is 6.35. The summed E-state index contributed by atoms with van der Waals surface area (Å²) in [5, 5.41) is 7.63. The van der Waals surface area contributed by atoms with E-state index in [-0.39, 0.29) is 18.4 Å². The van der Waals surface area contributed by atoms with Gasteiger partial charge in [-0.05, 0) is 36.4 Å². The maximum Gasteiger partial charge on any atom is 0.262 e. The van der Waals surface area contributed by atoms with E-state index >= 15 is 0 Å². The summed E-state index contributed by atoms with van der Waals surface area (Å²) >= 11 is 6.18. The number of hydrogen-bond acceptors (Lipinski definition) is 3. The van der Waals surface area contributed by atoms with E-state index in [1.807, 2.05) is 24.3 Å². The zero-order valence-electron chi connectivity index (χ0n) is 14.1. The average molecular weight is 369 g/mol. The van der Waals surface area contributed by atoms with Gasteiger partial charge in [-0.1, -0.05) is 35.9 Å². The number of carbonyl (C=O) groups excluding carboxylic acids is 2. The molecule has 5 nitrogen and oxygen atoms in total. The summed E-state index contributed by atoms with van der Waals surface area (Å²) in [5.74, 6) is 0.118. The number of amides is 2. The van der Waals surface area contributed by atoms with Crippen LogP contribution in [0.25, 0.3) is 10.8 Å². The molecule has 0 aromatic heterocycles. The average Bonchev–Trinajstić information content (AvgIpc) is 2.67. The van der Waals surface area contributed by atoms with E-state index in [1.54, 1.807) is 43.4 Å². The molecular formula is C20H17ClN2O3. The Morgan fingerprint density at radius 1 is 0.962 bits per heavy atom. The fraction of sp³-hybridized carbons (Fsp3) is 0.100. The van der Waals surface area contributed by atoms with E-state index in [0.29, 0.717) is 22.0 Å². The molecule has 0 saturated heterocycles. The Bertz CT molecular complexity index is 955. The summed E-state index contributed by atoms with van der Waals surface area (Å²) in [6.45, 7) is -0.136. The summed E-state index contributed by atoms with van der Waals surface area (Å²) in [4.78, 5) is 23.6. The number of rotatable bonds is 5. The van der Waals surface area contributed by atoms with E-state index in [1.165, 1.54) is 0 Å². The predicted octanol–water partition coefficient (Wildman–Crippen LogP) is 3.87. The maximum absolute atomic E-state index is 12.1. The van der Waals surface area contributed by atoms with Crippen molar-refractivity contribution in [1.82, 2.24) is 5.32 Å². The van der Waals surface area contributed by atoms with Crippen molar-refractivity contribution < 1.29 is 14.3 Å². The van der Waals surface area contributed by atoms with Gasteiger partial charge in [0.05, 0.1) is 0 Å². The zero-order chi connectivity index (χ0) is 18.5. The molecule has 0 unspecified atom stereocenters. The molecule has 0 spiro atoms. The number of halogens is 1. The normalized spacial score (nSPS) is 10.4. The monoisotopic (exact) mass is 368 g/mol. The second-order valence-electron chi connectivity index (χ2n) is 5.58. The molecule has 3 aromatic rings. The van der Waals surface area contributed by atoms with Crippen LogP contribution in [-0.4, -0.2) is 25.5 Å². The van der Waals surface area contributed by atoms with Crippen molar-refractivity contribution in [3.63, 3.8) is 0 Å². The van der Waals surface area contributed by atoms with E-state index in [9.17, 15) is 9.59 Å². The zero-order valence-corrected chi connectivity index (χ0v) is 14.8. The van der Waals surface area contributed by atoms with Crippen molar-refractivity contribution in [2.45, 2.75) is 0 Å². The van der Waals surface area contributed by atoms with Crippen LogP contribution < -0.4 is 15.4 Å². The van der Waals surface area contributed by atoms with Gasteiger partial charge in [-0.2, -0.15) is 0 Å². The Balaban J connectivity index is 1.64. The van der Waals surface area contributed by atoms with Crippen molar-refractivity contribution in [2.24, 2.45) is 0 Å². The molecule has 0 aliphatic heterocycles. The third-order valence-corrected chi connectivity index (χ3v) is 4.18. The van der Waals surface area contributed by atoms with Gasteiger partial charge in [-0.25, -0.2) is 0 Å². The Morgan fingerprint density at radius 2 is 1.65 bits per heavy atom. The van der Waals surface area contributed by atoms with Gasteiger partial charge in [0.25, 0.3) is 11.8 Å². The van der Waals surface area contributed by atoms with Crippen LogP contribution in [0.3, 0.4) is 0 Å². The Hall–Kier alpha value is -3.05. The summed E-state index contributed by atoms with van der Waals surface area (Å²) < 4.78 is 5.65. The van der Waals surface area contributed by atoms with Crippen LogP contribution in [0.5, 0.6) is 5.75 Å². The van der Waals surface area contributed by atoms with Crippen LogP contribution in [0.2, 0.25) is 5.02 Å². The Kier molecular flexibility index (Phi) is 5.39. The standard InChI is InChI=1S/C20H17ClN2O3/c1-22-20(25)13-6-8-14(9-7-13)23-19(24)12-26-18-11-10-17(21)15-4-2-3-5-16(15)18/h2-11H,12H2,1H3,(H,22,25)(H,23,24). The lowest BCUT2D eigenvalue weighted by Gasteiger charge is -2.11. The van der Waals surface area contributed by atoms with Crippen LogP contribution in [0.4, 0.5) is 5.69 Å². The third kappa shape index (κ3) is 3.95. The first-order valence-electron chi connectivity index (χ1n) is 8.00. The second-order valence-corrected chi connectivity index (χ2v) is 5.99. The molecule has 0 aliphatic carbocycles. The van der Waals surface area contributed by atoms with Gasteiger partial charge in [0.15, 0.2) is 6.61 Å². The molecule has 0 aliphatic rings. The lowest BCUT2D eigenvalue weighted by atomic mass is 10.1. The molecule has 2 amide bonds. The molecule has 0 fully saturated rings. The highest BCUT2D eigenvalue weighted by atomic mass is 35.5. The fourth-order valence-electron chi connectivity index (χ4n) is 2.55. The SMILES string of the molecule is CNC(=O)c1ccc(NC(=O)COc2ccc(Cl)c3ccccc23)cc1. The number of benzene rings is 3. The minimum Gasteiger partial charge on any atom is -0.483 e. The van der Waals surface area contributed by atoms with Gasteiger partial charge in [-0.3, -0.25) is 9.59 Å². The molecule has 3 aromatic carbocycles. The first kappa shape index (κ1) is 17.8. The van der Waals surface area contributed by atoms with Gasteiger partial charge in [0.1, 0.15) is 5.75 Å². The number of ether oxygens (including phenoxy) is 1. The van der Waals surface area contributed by atoms with Crippen molar-refractivity contribution in [2.75, 3.05) is 19.0 Å². The minimum atomic E-state index is -0.295. The Morgan fingerprint density at radius 3 is 2.35 bits per heavy atom. The molecule has 132 valence electrons. The van der Waals surface area contributed by atoms with Crippen LogP contribution in [-0.2, 0) is 4.79 Å². The molecule has 0 atom stereocenters. The quantitative estimate of drug-likeness (QED) is 0.718. The molecule has 0 heterocycles. The first-order chi connectivity index (χ1) is 12.6. The number of hydrogen-bond donors (Lipinski definition) is 2. The largest absolute Gasteiger partial charge is 0.483 e. The first-order valence-corrected chi connectivity index (χ1v) is 8.38. The molecular weight excluding hydrogens is 352 g/mol. The topological polar surface area (TPSA) is 67.4 Å². The summed E-state index contributed by atoms with van der Waals surface area (Å²) in [6, 6.07) is 17.7. The smallest absolute Gasteiger partial charge is 0.262 e. The summed E-state index contributed by atoms with van der Waals surface area (Å²) in [5.41, 5.74) is 1.11. The van der Waals surface area contributed by atoms with Crippen molar-refractivity contribution in [1.29, 1.82) is 0 Å². The van der Waals surface area contributed by atoms with E-state index in [4.69, 9.17) is 16.3 Å². The maximum atomic E-state index is 12.1. The third-order valence-electron chi connectivity index (χ3n) is 3.85. The molecule has 26 heavy (non-hydrogen) atoms. The molecule has 6 heteroatoms. The van der Waals surface area contributed by atoms with Crippen molar-refractivity contribution >= 4 is 39.9 Å². The van der Waals surface area contributed by atoms with Crippen LogP contribution in [0.15, 0.2) is 60.7 Å². The highest BCUT2D eigenvalue weighted by Crippen LogP contribution is 2.31. The predicted molar refractivity (Wildman–Crippen MR) is 103 cm³/mol. The Labute approximate surface area is 155 Å². The molecule has 0 radical (unpaired) electrons. The molecule has 3 rings (SSSR count). The lowest BCUT2D eigenvalue weighted by molar-refractivity contribution is -0.118. The second kappa shape index (κ2) is 7.89. The van der Waals surface area contributed by atoms with E-state index in [0.717, 1.165) is 10.8 Å². The van der Waals surface area contributed by atoms with E-state index in [2.05, 4.69) is 10.6 Å². The minimum absolute atomic E-state index is 0.136. The number of nitrogens with one attached hydrogen (secondary N) is 2.